The molecular formula is C22H22N2O3. The van der Waals surface area contributed by atoms with Gasteiger partial charge in [0.15, 0.2) is 6.29 Å². The second-order valence-electron chi connectivity index (χ2n) is 7.15. The topological polar surface area (TPSA) is 60.3 Å². The fourth-order valence-electron chi connectivity index (χ4n) is 3.30. The van der Waals surface area contributed by atoms with Gasteiger partial charge in [-0.25, -0.2) is 0 Å². The summed E-state index contributed by atoms with van der Waals surface area (Å²) in [5.41, 5.74) is 3.80. The van der Waals surface area contributed by atoms with E-state index < -0.39 is 0 Å². The zero-order valence-corrected chi connectivity index (χ0v) is 15.5. The highest BCUT2D eigenvalue weighted by molar-refractivity contribution is 6.05. The zero-order chi connectivity index (χ0) is 19.0. The number of aryl methyl sites for hydroxylation is 2. The number of amides is 1. The number of hydrogen-bond donors (Lipinski definition) is 1. The lowest BCUT2D eigenvalue weighted by Crippen LogP contribution is -2.11. The Labute approximate surface area is 157 Å². The molecule has 1 aromatic heterocycles. The van der Waals surface area contributed by atoms with E-state index in [1.807, 2.05) is 48.9 Å². The Morgan fingerprint density at radius 1 is 1.22 bits per heavy atom. The fourth-order valence-corrected chi connectivity index (χ4v) is 3.30. The molecule has 1 N–H and O–H groups in total. The Bertz CT molecular complexity index is 1010. The lowest BCUT2D eigenvalue weighted by molar-refractivity contribution is 0.102. The molecule has 2 aromatic carbocycles. The van der Waals surface area contributed by atoms with E-state index in [-0.39, 0.29) is 5.91 Å². The van der Waals surface area contributed by atoms with Crippen LogP contribution in [0.5, 0.6) is 5.75 Å². The molecule has 5 nitrogen and oxygen atoms in total. The normalized spacial score (nSPS) is 13.6. The summed E-state index contributed by atoms with van der Waals surface area (Å²) in [5, 5.41) is 3.89. The number of carbonyl (C=O) groups excluding carboxylic acids is 2. The molecule has 0 radical (unpaired) electrons. The maximum Gasteiger partial charge on any atom is 0.255 e. The van der Waals surface area contributed by atoms with Gasteiger partial charge in [0.25, 0.3) is 5.91 Å². The van der Waals surface area contributed by atoms with Crippen LogP contribution in [0, 0.1) is 12.8 Å². The van der Waals surface area contributed by atoms with Gasteiger partial charge in [-0.2, -0.15) is 0 Å². The van der Waals surface area contributed by atoms with Crippen molar-refractivity contribution in [3.8, 4) is 5.75 Å². The smallest absolute Gasteiger partial charge is 0.255 e. The van der Waals surface area contributed by atoms with Crippen LogP contribution >= 0.6 is 0 Å². The van der Waals surface area contributed by atoms with E-state index in [0.717, 1.165) is 35.1 Å². The second-order valence-corrected chi connectivity index (χ2v) is 7.15. The van der Waals surface area contributed by atoms with Crippen molar-refractivity contribution in [2.75, 3.05) is 11.9 Å². The van der Waals surface area contributed by atoms with Crippen LogP contribution < -0.4 is 10.1 Å². The van der Waals surface area contributed by atoms with Gasteiger partial charge in [-0.3, -0.25) is 9.59 Å². The standard InChI is InChI=1S/C22H22N2O3/c1-14-19-11-17(7-10-20(19)24(2)21(14)12-25)23-22(26)16-5-8-18(9-6-16)27-13-15-3-4-15/h5-12,15H,3-4,13H2,1-2H3,(H,23,26). The fraction of sp³-hybridized carbons (Fsp3) is 0.273. The summed E-state index contributed by atoms with van der Waals surface area (Å²) in [5.74, 6) is 1.32. The monoisotopic (exact) mass is 362 g/mol. The minimum absolute atomic E-state index is 0.174. The molecule has 1 saturated carbocycles. The molecule has 4 rings (SSSR count). The number of ether oxygens (including phenoxy) is 1. The number of aldehydes is 1. The Kier molecular flexibility index (Phi) is 4.44. The number of anilines is 1. The predicted molar refractivity (Wildman–Crippen MR) is 106 cm³/mol. The van der Waals surface area contributed by atoms with Gasteiger partial charge in [0.2, 0.25) is 0 Å². The van der Waals surface area contributed by atoms with Crippen LogP contribution in [0.2, 0.25) is 0 Å². The predicted octanol–water partition coefficient (Wildman–Crippen LogP) is 4.34. The van der Waals surface area contributed by atoms with Crippen molar-refractivity contribution in [2.24, 2.45) is 13.0 Å². The molecule has 0 atom stereocenters. The Morgan fingerprint density at radius 3 is 2.63 bits per heavy atom. The van der Waals surface area contributed by atoms with Crippen LogP contribution in [0.25, 0.3) is 10.9 Å². The van der Waals surface area contributed by atoms with Gasteiger partial charge >= 0.3 is 0 Å². The third kappa shape index (κ3) is 3.45. The van der Waals surface area contributed by atoms with Gasteiger partial charge in [0.1, 0.15) is 5.75 Å². The molecule has 5 heteroatoms. The van der Waals surface area contributed by atoms with E-state index in [4.69, 9.17) is 4.74 Å². The first-order valence-electron chi connectivity index (χ1n) is 9.15. The molecule has 138 valence electrons. The number of nitrogens with one attached hydrogen (secondary N) is 1. The number of rotatable bonds is 6. The summed E-state index contributed by atoms with van der Waals surface area (Å²) in [6.07, 6.45) is 3.36. The van der Waals surface area contributed by atoms with Gasteiger partial charge < -0.3 is 14.6 Å². The minimum atomic E-state index is -0.174. The number of fused-ring (bicyclic) bond motifs is 1. The average Bonchev–Trinajstić information content (AvgIpc) is 3.48. The summed E-state index contributed by atoms with van der Waals surface area (Å²) in [6.45, 7) is 2.67. The second kappa shape index (κ2) is 6.91. The highest BCUT2D eigenvalue weighted by Crippen LogP contribution is 2.30. The molecule has 27 heavy (non-hydrogen) atoms. The third-order valence-electron chi connectivity index (χ3n) is 5.18. The van der Waals surface area contributed by atoms with E-state index in [1.54, 1.807) is 12.1 Å². The van der Waals surface area contributed by atoms with Gasteiger partial charge in [-0.05, 0) is 73.7 Å². The number of aromatic nitrogens is 1. The summed E-state index contributed by atoms with van der Waals surface area (Å²) >= 11 is 0. The highest BCUT2D eigenvalue weighted by Gasteiger charge is 2.21. The Morgan fingerprint density at radius 2 is 1.96 bits per heavy atom. The van der Waals surface area contributed by atoms with Gasteiger partial charge in [-0.15, -0.1) is 0 Å². The van der Waals surface area contributed by atoms with E-state index in [2.05, 4.69) is 5.32 Å². The Hall–Kier alpha value is -3.08. The largest absolute Gasteiger partial charge is 0.493 e. The zero-order valence-electron chi connectivity index (χ0n) is 15.5. The van der Waals surface area contributed by atoms with E-state index >= 15 is 0 Å². The molecule has 0 bridgehead atoms. The number of carbonyl (C=O) groups is 2. The number of nitrogens with zero attached hydrogens (tertiary/aromatic N) is 1. The van der Waals surface area contributed by atoms with Crippen molar-refractivity contribution in [1.29, 1.82) is 0 Å². The highest BCUT2D eigenvalue weighted by atomic mass is 16.5. The first-order valence-corrected chi connectivity index (χ1v) is 9.15. The lowest BCUT2D eigenvalue weighted by Gasteiger charge is -2.08. The Balaban J connectivity index is 1.50. The van der Waals surface area contributed by atoms with Crippen LogP contribution in [0.3, 0.4) is 0 Å². The van der Waals surface area contributed by atoms with Crippen LogP contribution in [-0.4, -0.2) is 23.4 Å². The molecule has 0 spiro atoms. The van der Waals surface area contributed by atoms with Crippen molar-refractivity contribution in [1.82, 2.24) is 4.57 Å². The average molecular weight is 362 g/mol. The SMILES string of the molecule is Cc1c(C=O)n(C)c2ccc(NC(=O)c3ccc(OCC4CC4)cc3)cc12. The molecule has 0 unspecified atom stereocenters. The van der Waals surface area contributed by atoms with Crippen molar-refractivity contribution in [2.45, 2.75) is 19.8 Å². The molecule has 1 amide bonds. The van der Waals surface area contributed by atoms with E-state index in [0.29, 0.717) is 22.9 Å². The molecule has 1 heterocycles. The van der Waals surface area contributed by atoms with Crippen LogP contribution in [0.1, 0.15) is 39.3 Å². The number of hydrogen-bond acceptors (Lipinski definition) is 3. The summed E-state index contributed by atoms with van der Waals surface area (Å²) in [7, 11) is 1.87. The molecule has 0 aliphatic heterocycles. The maximum atomic E-state index is 12.5. The van der Waals surface area contributed by atoms with Crippen molar-refractivity contribution >= 4 is 28.8 Å². The minimum Gasteiger partial charge on any atom is -0.493 e. The maximum absolute atomic E-state index is 12.5. The summed E-state index contributed by atoms with van der Waals surface area (Å²) in [4.78, 5) is 23.8. The van der Waals surface area contributed by atoms with Crippen molar-refractivity contribution < 1.29 is 14.3 Å². The van der Waals surface area contributed by atoms with Crippen LogP contribution in [0.4, 0.5) is 5.69 Å². The van der Waals surface area contributed by atoms with Crippen LogP contribution in [0.15, 0.2) is 42.5 Å². The van der Waals surface area contributed by atoms with Crippen molar-refractivity contribution in [3.63, 3.8) is 0 Å². The molecule has 1 aliphatic carbocycles. The van der Waals surface area contributed by atoms with Crippen molar-refractivity contribution in [3.05, 3.63) is 59.3 Å². The molecule has 1 fully saturated rings. The number of benzene rings is 2. The summed E-state index contributed by atoms with van der Waals surface area (Å²) in [6, 6.07) is 12.9. The van der Waals surface area contributed by atoms with Crippen LogP contribution in [-0.2, 0) is 7.05 Å². The molecule has 0 saturated heterocycles. The third-order valence-corrected chi connectivity index (χ3v) is 5.18. The van der Waals surface area contributed by atoms with Gasteiger partial charge in [-0.1, -0.05) is 0 Å². The molecular weight excluding hydrogens is 340 g/mol. The first-order chi connectivity index (χ1) is 13.1. The summed E-state index contributed by atoms with van der Waals surface area (Å²) < 4.78 is 7.57. The quantitative estimate of drug-likeness (QED) is 0.664. The molecule has 1 aliphatic rings. The molecule has 3 aromatic rings. The van der Waals surface area contributed by atoms with E-state index in [1.165, 1.54) is 12.8 Å². The van der Waals surface area contributed by atoms with Gasteiger partial charge in [0, 0.05) is 29.2 Å². The first kappa shape index (κ1) is 17.3. The lowest BCUT2D eigenvalue weighted by atomic mass is 10.1. The van der Waals surface area contributed by atoms with Gasteiger partial charge in [0.05, 0.1) is 12.3 Å². The van der Waals surface area contributed by atoms with E-state index in [9.17, 15) is 9.59 Å².